The summed E-state index contributed by atoms with van der Waals surface area (Å²) >= 11 is 0. The van der Waals surface area contributed by atoms with Crippen LogP contribution in [0.3, 0.4) is 0 Å². The van der Waals surface area contributed by atoms with Gasteiger partial charge in [0.15, 0.2) is 0 Å². The maximum atomic E-state index is 12.0. The van der Waals surface area contributed by atoms with Gasteiger partial charge in [-0.1, -0.05) is 13.8 Å². The van der Waals surface area contributed by atoms with Crippen LogP contribution in [0, 0.1) is 11.3 Å². The fourth-order valence-electron chi connectivity index (χ4n) is 2.50. The van der Waals surface area contributed by atoms with Gasteiger partial charge in [0.1, 0.15) is 5.78 Å². The van der Waals surface area contributed by atoms with Crippen LogP contribution in [0.25, 0.3) is 0 Å². The van der Waals surface area contributed by atoms with Crippen molar-refractivity contribution in [2.45, 2.75) is 32.7 Å². The number of rotatable bonds is 1. The molecular formula is C11H19NO2. The zero-order chi connectivity index (χ0) is 10.2. The van der Waals surface area contributed by atoms with Crippen LogP contribution in [0.4, 0.5) is 0 Å². The highest BCUT2D eigenvalue weighted by Crippen LogP contribution is 2.39. The average molecular weight is 197 g/mol. The summed E-state index contributed by atoms with van der Waals surface area (Å²) in [4.78, 5) is 12.0. The van der Waals surface area contributed by atoms with Crippen molar-refractivity contribution in [3.05, 3.63) is 0 Å². The Bertz CT molecular complexity index is 231. The van der Waals surface area contributed by atoms with E-state index in [0.717, 1.165) is 26.0 Å². The summed E-state index contributed by atoms with van der Waals surface area (Å²) in [7, 11) is 0. The quantitative estimate of drug-likeness (QED) is 0.681. The van der Waals surface area contributed by atoms with Gasteiger partial charge in [0.25, 0.3) is 0 Å². The predicted molar refractivity (Wildman–Crippen MR) is 54.1 cm³/mol. The highest BCUT2D eigenvalue weighted by molar-refractivity contribution is 5.89. The third-order valence-electron chi connectivity index (χ3n) is 3.52. The van der Waals surface area contributed by atoms with Crippen molar-refractivity contribution in [1.29, 1.82) is 0 Å². The molecule has 2 aliphatic rings. The van der Waals surface area contributed by atoms with E-state index in [1.807, 2.05) is 0 Å². The lowest BCUT2D eigenvalue weighted by Gasteiger charge is -2.28. The molecule has 0 radical (unpaired) electrons. The van der Waals surface area contributed by atoms with E-state index in [1.54, 1.807) is 0 Å². The topological polar surface area (TPSA) is 38.3 Å². The molecule has 1 saturated heterocycles. The first-order valence-corrected chi connectivity index (χ1v) is 5.47. The predicted octanol–water partition coefficient (Wildman–Crippen LogP) is 0.980. The Morgan fingerprint density at radius 1 is 1.50 bits per heavy atom. The van der Waals surface area contributed by atoms with Crippen LogP contribution in [0.5, 0.6) is 0 Å². The summed E-state index contributed by atoms with van der Waals surface area (Å²) in [6.07, 6.45) is 2.04. The summed E-state index contributed by atoms with van der Waals surface area (Å²) in [5.41, 5.74) is -0.107. The van der Waals surface area contributed by atoms with Crippen molar-refractivity contribution in [3.63, 3.8) is 0 Å². The number of Topliss-reactive ketones (excluding diaryl/α,β-unsaturated/α-hetero) is 1. The Kier molecular flexibility index (Phi) is 2.62. The van der Waals surface area contributed by atoms with Crippen LogP contribution < -0.4 is 5.32 Å². The number of hydrogen-bond acceptors (Lipinski definition) is 3. The first kappa shape index (κ1) is 10.1. The van der Waals surface area contributed by atoms with E-state index in [4.69, 9.17) is 4.74 Å². The number of carbonyl (C=O) groups is 1. The second-order valence-electron chi connectivity index (χ2n) is 5.03. The molecule has 14 heavy (non-hydrogen) atoms. The maximum Gasteiger partial charge on any atom is 0.143 e. The minimum atomic E-state index is -0.107. The minimum Gasteiger partial charge on any atom is -0.378 e. The molecule has 2 fully saturated rings. The standard InChI is InChI=1S/C11H19NO2/c1-11(2)4-3-8(10(11)13)9-7-14-6-5-12-9/h8-9,12H,3-7H2,1-2H3. The number of morpholine rings is 1. The van der Waals surface area contributed by atoms with Crippen LogP contribution in [-0.2, 0) is 9.53 Å². The molecule has 0 aromatic rings. The van der Waals surface area contributed by atoms with E-state index < -0.39 is 0 Å². The normalized spacial score (nSPS) is 37.4. The molecule has 0 bridgehead atoms. The summed E-state index contributed by atoms with van der Waals surface area (Å²) < 4.78 is 5.40. The summed E-state index contributed by atoms with van der Waals surface area (Å²) in [6, 6.07) is 0.262. The molecule has 1 heterocycles. The van der Waals surface area contributed by atoms with E-state index in [9.17, 15) is 4.79 Å². The molecule has 1 aliphatic heterocycles. The Hall–Kier alpha value is -0.410. The fraction of sp³-hybridized carbons (Fsp3) is 0.909. The van der Waals surface area contributed by atoms with Gasteiger partial charge >= 0.3 is 0 Å². The summed E-state index contributed by atoms with van der Waals surface area (Å²) in [5, 5.41) is 3.38. The molecule has 0 aromatic heterocycles. The van der Waals surface area contributed by atoms with Gasteiger partial charge in [-0.15, -0.1) is 0 Å². The van der Waals surface area contributed by atoms with Crippen molar-refractivity contribution in [3.8, 4) is 0 Å². The van der Waals surface area contributed by atoms with Crippen molar-refractivity contribution in [2.24, 2.45) is 11.3 Å². The van der Waals surface area contributed by atoms with E-state index in [1.165, 1.54) is 0 Å². The third-order valence-corrected chi connectivity index (χ3v) is 3.52. The highest BCUT2D eigenvalue weighted by atomic mass is 16.5. The van der Waals surface area contributed by atoms with Gasteiger partial charge in [0.05, 0.1) is 13.2 Å². The van der Waals surface area contributed by atoms with Crippen LogP contribution in [0.2, 0.25) is 0 Å². The van der Waals surface area contributed by atoms with E-state index in [-0.39, 0.29) is 17.4 Å². The molecule has 1 N–H and O–H groups in total. The van der Waals surface area contributed by atoms with Crippen molar-refractivity contribution in [2.75, 3.05) is 19.8 Å². The molecule has 0 amide bonds. The van der Waals surface area contributed by atoms with Crippen LogP contribution >= 0.6 is 0 Å². The first-order chi connectivity index (χ1) is 6.61. The minimum absolute atomic E-state index is 0.107. The van der Waals surface area contributed by atoms with Crippen molar-refractivity contribution >= 4 is 5.78 Å². The average Bonchev–Trinajstić information content (AvgIpc) is 2.44. The van der Waals surface area contributed by atoms with E-state index >= 15 is 0 Å². The molecule has 3 heteroatoms. The van der Waals surface area contributed by atoms with E-state index in [2.05, 4.69) is 19.2 Å². The lowest BCUT2D eigenvalue weighted by molar-refractivity contribution is -0.129. The first-order valence-electron chi connectivity index (χ1n) is 5.47. The van der Waals surface area contributed by atoms with Crippen molar-refractivity contribution < 1.29 is 9.53 Å². The van der Waals surface area contributed by atoms with Crippen LogP contribution in [-0.4, -0.2) is 31.6 Å². The van der Waals surface area contributed by atoms with Gasteiger partial charge in [-0.2, -0.15) is 0 Å². The number of nitrogens with one attached hydrogen (secondary N) is 1. The fourth-order valence-corrected chi connectivity index (χ4v) is 2.50. The van der Waals surface area contributed by atoms with Gasteiger partial charge in [0, 0.05) is 23.9 Å². The Labute approximate surface area is 85.2 Å². The molecule has 1 saturated carbocycles. The molecule has 1 aliphatic carbocycles. The second kappa shape index (κ2) is 3.63. The molecule has 2 rings (SSSR count). The zero-order valence-corrected chi connectivity index (χ0v) is 9.01. The Balaban J connectivity index is 2.02. The molecule has 0 spiro atoms. The molecular weight excluding hydrogens is 178 g/mol. The lowest BCUT2D eigenvalue weighted by Crippen LogP contribution is -2.48. The van der Waals surface area contributed by atoms with Crippen molar-refractivity contribution in [1.82, 2.24) is 5.32 Å². The van der Waals surface area contributed by atoms with Gasteiger partial charge in [-0.3, -0.25) is 4.79 Å². The van der Waals surface area contributed by atoms with Gasteiger partial charge in [-0.25, -0.2) is 0 Å². The van der Waals surface area contributed by atoms with Gasteiger partial charge in [0.2, 0.25) is 0 Å². The second-order valence-corrected chi connectivity index (χ2v) is 5.03. The van der Waals surface area contributed by atoms with Crippen LogP contribution in [0.15, 0.2) is 0 Å². The Morgan fingerprint density at radius 2 is 2.29 bits per heavy atom. The molecule has 2 atom stereocenters. The van der Waals surface area contributed by atoms with Gasteiger partial charge < -0.3 is 10.1 Å². The zero-order valence-electron chi connectivity index (χ0n) is 9.01. The van der Waals surface area contributed by atoms with Gasteiger partial charge in [-0.05, 0) is 12.8 Å². The number of hydrogen-bond donors (Lipinski definition) is 1. The number of ether oxygens (including phenoxy) is 1. The molecule has 0 aromatic carbocycles. The molecule has 2 unspecified atom stereocenters. The largest absolute Gasteiger partial charge is 0.378 e. The number of carbonyl (C=O) groups excluding carboxylic acids is 1. The third kappa shape index (κ3) is 1.71. The SMILES string of the molecule is CC1(C)CCC(C2COCCN2)C1=O. The van der Waals surface area contributed by atoms with E-state index in [0.29, 0.717) is 12.4 Å². The lowest BCUT2D eigenvalue weighted by atomic mass is 9.87. The smallest absolute Gasteiger partial charge is 0.143 e. The summed E-state index contributed by atoms with van der Waals surface area (Å²) in [5.74, 6) is 0.603. The monoisotopic (exact) mass is 197 g/mol. The maximum absolute atomic E-state index is 12.0. The van der Waals surface area contributed by atoms with Crippen LogP contribution in [0.1, 0.15) is 26.7 Å². The number of ketones is 1. The molecule has 80 valence electrons. The summed E-state index contributed by atoms with van der Waals surface area (Å²) in [6.45, 7) is 6.47. The Morgan fingerprint density at radius 3 is 2.79 bits per heavy atom. The highest BCUT2D eigenvalue weighted by Gasteiger charge is 2.44. The molecule has 3 nitrogen and oxygen atoms in total.